The second-order valence-corrected chi connectivity index (χ2v) is 15.1. The van der Waals surface area contributed by atoms with Crippen molar-refractivity contribution in [3.8, 4) is 17.0 Å². The van der Waals surface area contributed by atoms with Crippen LogP contribution in [0.2, 0.25) is 0 Å². The molecule has 1 saturated heterocycles. The molecule has 1 fully saturated rings. The summed E-state index contributed by atoms with van der Waals surface area (Å²) >= 11 is 3.39. The smallest absolute Gasteiger partial charge is 0.543 e. The first-order valence-electron chi connectivity index (χ1n) is 16.0. The molecule has 3 atom stereocenters. The number of aryl methyl sites for hydroxylation is 1. The summed E-state index contributed by atoms with van der Waals surface area (Å²) in [5.74, 6) is -4.19. The Hall–Kier alpha value is -4.50. The van der Waals surface area contributed by atoms with Crippen molar-refractivity contribution in [2.24, 2.45) is 5.73 Å². The van der Waals surface area contributed by atoms with Crippen molar-refractivity contribution in [3.63, 3.8) is 0 Å². The molecule has 6 rings (SSSR count). The van der Waals surface area contributed by atoms with Crippen LogP contribution in [0, 0.1) is 6.92 Å². The quantitative estimate of drug-likeness (QED) is 0.0457. The van der Waals surface area contributed by atoms with Crippen LogP contribution in [0.3, 0.4) is 0 Å². The van der Waals surface area contributed by atoms with E-state index in [0.29, 0.717) is 15.6 Å². The number of benzene rings is 2. The number of rotatable bonds is 13. The van der Waals surface area contributed by atoms with Crippen molar-refractivity contribution in [3.05, 3.63) is 104 Å². The molecular formula is C34H31N8NaO8S3. The number of carbonyl (C=O) groups excluding carboxylic acids is 5. The minimum atomic E-state index is -1.57. The van der Waals surface area contributed by atoms with Crippen LogP contribution in [-0.2, 0) is 14.4 Å². The Morgan fingerprint density at radius 3 is 2.44 bits per heavy atom. The molecule has 4 amide bonds. The first kappa shape index (κ1) is 40.7. The number of carbonyl (C=O) groups is 5. The molecule has 54 heavy (non-hydrogen) atoms. The first-order valence-corrected chi connectivity index (χ1v) is 18.8. The summed E-state index contributed by atoms with van der Waals surface area (Å²) in [4.78, 5) is 81.8. The van der Waals surface area contributed by atoms with Gasteiger partial charge in [0.2, 0.25) is 10.9 Å². The molecule has 2 unspecified atom stereocenters. The summed E-state index contributed by atoms with van der Waals surface area (Å²) in [6.45, 7) is 2.45. The summed E-state index contributed by atoms with van der Waals surface area (Å²) in [5, 5.41) is 37.1. The number of pyridine rings is 1. The molecule has 20 heteroatoms. The zero-order chi connectivity index (χ0) is 37.8. The molecule has 0 bridgehead atoms. The van der Waals surface area contributed by atoms with E-state index in [0.717, 1.165) is 39.1 Å². The number of H-pyrrole nitrogens is 1. The van der Waals surface area contributed by atoms with Gasteiger partial charge in [0, 0.05) is 30.3 Å². The van der Waals surface area contributed by atoms with E-state index < -0.39 is 52.6 Å². The van der Waals surface area contributed by atoms with Gasteiger partial charge in [0.25, 0.3) is 23.3 Å². The monoisotopic (exact) mass is 798 g/mol. The average Bonchev–Trinajstić information content (AvgIpc) is 3.63. The maximum absolute atomic E-state index is 13.8. The van der Waals surface area contributed by atoms with Crippen LogP contribution in [-0.4, -0.2) is 90.8 Å². The minimum absolute atomic E-state index is 0. The molecule has 274 valence electrons. The molecule has 0 spiro atoms. The van der Waals surface area contributed by atoms with E-state index in [1.165, 1.54) is 42.1 Å². The van der Waals surface area contributed by atoms with Crippen LogP contribution in [0.4, 0.5) is 0 Å². The average molecular weight is 799 g/mol. The summed E-state index contributed by atoms with van der Waals surface area (Å²) in [6, 6.07) is 13.2. The molecule has 4 heterocycles. The van der Waals surface area contributed by atoms with Gasteiger partial charge in [-0.1, -0.05) is 65.1 Å². The minimum Gasteiger partial charge on any atom is -0.543 e. The maximum atomic E-state index is 13.8. The van der Waals surface area contributed by atoms with Gasteiger partial charge in [0.05, 0.1) is 11.7 Å². The van der Waals surface area contributed by atoms with Gasteiger partial charge in [-0.3, -0.25) is 28.9 Å². The van der Waals surface area contributed by atoms with E-state index in [-0.39, 0.29) is 81.7 Å². The number of nitrogens with one attached hydrogen (secondary N) is 4. The SMILES string of the molecule is Cc1ccc(-c2ccc(C(=O)NC(C(=O)NC3C(=O)N4C(C(=O)[O-])=C(CSc5nnc(C(=O)NCCN)s5)CS[C@@H]34)c3ccc(O)cc3)c(=O)[nH]2)cc1.[Na+]. The number of amides is 4. The number of aliphatic carboxylic acids is 1. The molecule has 2 aliphatic heterocycles. The van der Waals surface area contributed by atoms with Crippen LogP contribution in [0.1, 0.15) is 37.3 Å². The van der Waals surface area contributed by atoms with E-state index in [1.807, 2.05) is 31.2 Å². The van der Waals surface area contributed by atoms with Gasteiger partial charge in [-0.05, 0) is 47.9 Å². The predicted molar refractivity (Wildman–Crippen MR) is 195 cm³/mol. The standard InChI is InChI=1S/C34H32N8O8S3.Na/c1-16-2-4-17(5-3-16)22-11-10-21(26(44)37-22)27(45)38-23(18-6-8-20(43)9-7-18)28(46)39-24-31(48)42-25(33(49)50)19(14-51-32(24)42)15-52-34-41-40-30(53-34)29(47)36-13-12-35;/h2-11,23-24,32,43H,12-15,35H2,1H3,(H,36,47)(H,37,44)(H,38,45)(H,39,46)(H,49,50);/q;+1/p-1/t23?,24?,32-;/m0./s1. The number of nitrogens with zero attached hydrogens (tertiary/aromatic N) is 3. The summed E-state index contributed by atoms with van der Waals surface area (Å²) in [7, 11) is 0. The number of fused-ring (bicyclic) bond motifs is 1. The summed E-state index contributed by atoms with van der Waals surface area (Å²) in [5.41, 5.74) is 7.01. The fraction of sp³-hybridized carbons (Fsp3) is 0.235. The predicted octanol–water partition coefficient (Wildman–Crippen LogP) is -2.73. The zero-order valence-corrected chi connectivity index (χ0v) is 33.2. The van der Waals surface area contributed by atoms with Crippen molar-refractivity contribution in [1.82, 2.24) is 36.0 Å². The molecule has 2 aromatic carbocycles. The van der Waals surface area contributed by atoms with E-state index in [9.17, 15) is 39.0 Å². The molecule has 2 aliphatic rings. The molecule has 0 radical (unpaired) electrons. The third-order valence-corrected chi connectivity index (χ3v) is 11.7. The van der Waals surface area contributed by atoms with Crippen LogP contribution in [0.15, 0.2) is 81.1 Å². The number of phenols is 1. The normalized spacial score (nSPS) is 16.7. The van der Waals surface area contributed by atoms with E-state index in [2.05, 4.69) is 31.1 Å². The molecule has 4 aromatic rings. The second kappa shape index (κ2) is 17.8. The number of aromatic amines is 1. The third kappa shape index (κ3) is 8.89. The fourth-order valence-electron chi connectivity index (χ4n) is 5.52. The van der Waals surface area contributed by atoms with Gasteiger partial charge < -0.3 is 41.7 Å². The number of phenolic OH excluding ortho intramolecular Hbond substituents is 1. The Balaban J connectivity index is 0.00000561. The van der Waals surface area contributed by atoms with Gasteiger partial charge in [-0.2, -0.15) is 0 Å². The number of hydrogen-bond donors (Lipinski definition) is 6. The molecule has 7 N–H and O–H groups in total. The number of carboxylic acid groups (broad SMARTS) is 1. The van der Waals surface area contributed by atoms with Gasteiger partial charge >= 0.3 is 29.6 Å². The summed E-state index contributed by atoms with van der Waals surface area (Å²) in [6.07, 6.45) is 0. The van der Waals surface area contributed by atoms with Crippen molar-refractivity contribution in [2.45, 2.75) is 28.7 Å². The van der Waals surface area contributed by atoms with Crippen molar-refractivity contribution in [1.29, 1.82) is 0 Å². The van der Waals surface area contributed by atoms with Gasteiger partial charge in [-0.25, -0.2) is 0 Å². The van der Waals surface area contributed by atoms with Crippen molar-refractivity contribution < 1.29 is 63.7 Å². The number of carboxylic acids is 1. The number of hydrogen-bond acceptors (Lipinski definition) is 14. The molecule has 0 aliphatic carbocycles. The number of β-lactam (4-membered cyclic amide) rings is 1. The Morgan fingerprint density at radius 2 is 1.78 bits per heavy atom. The van der Waals surface area contributed by atoms with Gasteiger partial charge in [-0.15, -0.1) is 22.0 Å². The summed E-state index contributed by atoms with van der Waals surface area (Å²) < 4.78 is 0.409. The first-order chi connectivity index (χ1) is 25.4. The fourth-order valence-corrected chi connectivity index (χ4v) is 8.77. The molecular weight excluding hydrogens is 768 g/mol. The molecule has 16 nitrogen and oxygen atoms in total. The number of thioether (sulfide) groups is 2. The van der Waals surface area contributed by atoms with Crippen LogP contribution in [0.5, 0.6) is 5.75 Å². The molecule has 2 aromatic heterocycles. The van der Waals surface area contributed by atoms with Crippen LogP contribution < -0.4 is 61.9 Å². The third-order valence-electron chi connectivity index (χ3n) is 8.22. The van der Waals surface area contributed by atoms with E-state index in [1.54, 1.807) is 6.07 Å². The second-order valence-electron chi connectivity index (χ2n) is 11.8. The van der Waals surface area contributed by atoms with Crippen LogP contribution >= 0.6 is 34.9 Å². The van der Waals surface area contributed by atoms with Crippen LogP contribution in [0.25, 0.3) is 11.3 Å². The Labute approximate surface area is 342 Å². The topological polar surface area (TPSA) is 253 Å². The number of aromatic hydroxyl groups is 1. The zero-order valence-electron chi connectivity index (χ0n) is 28.8. The Kier molecular flexibility index (Phi) is 13.4. The van der Waals surface area contributed by atoms with Crippen molar-refractivity contribution >= 4 is 64.5 Å². The van der Waals surface area contributed by atoms with Gasteiger partial charge in [0.1, 0.15) is 28.8 Å². The van der Waals surface area contributed by atoms with Crippen molar-refractivity contribution in [2.75, 3.05) is 24.6 Å². The Bertz CT molecular complexity index is 2180. The number of nitrogens with two attached hydrogens (primary N) is 1. The number of aromatic nitrogens is 3. The van der Waals surface area contributed by atoms with E-state index >= 15 is 0 Å². The largest absolute Gasteiger partial charge is 1.00 e. The molecule has 0 saturated carbocycles. The van der Waals surface area contributed by atoms with Gasteiger partial charge in [0.15, 0.2) is 4.34 Å². The Morgan fingerprint density at radius 1 is 1.06 bits per heavy atom. The maximum Gasteiger partial charge on any atom is 1.00 e. The van der Waals surface area contributed by atoms with E-state index in [4.69, 9.17) is 5.73 Å².